The van der Waals surface area contributed by atoms with Gasteiger partial charge in [-0.2, -0.15) is 0 Å². The van der Waals surface area contributed by atoms with E-state index in [0.717, 1.165) is 31.5 Å². The van der Waals surface area contributed by atoms with E-state index in [2.05, 4.69) is 12.2 Å². The molecule has 1 saturated carbocycles. The lowest BCUT2D eigenvalue weighted by Gasteiger charge is -2.22. The van der Waals surface area contributed by atoms with E-state index in [9.17, 15) is 0 Å². The van der Waals surface area contributed by atoms with E-state index in [4.69, 9.17) is 4.74 Å². The molecule has 1 aliphatic carbocycles. The molecule has 2 heteroatoms. The van der Waals surface area contributed by atoms with Gasteiger partial charge in [0.2, 0.25) is 0 Å². The molecular formula is C12H25NO. The van der Waals surface area contributed by atoms with Crippen LogP contribution in [0.3, 0.4) is 0 Å². The van der Waals surface area contributed by atoms with E-state index in [1.807, 2.05) is 7.11 Å². The number of methoxy groups -OCH3 is 1. The Balaban J connectivity index is 2.22. The molecule has 0 radical (unpaired) electrons. The summed E-state index contributed by atoms with van der Waals surface area (Å²) in [5.74, 6) is 1.66. The summed E-state index contributed by atoms with van der Waals surface area (Å²) in [5.41, 5.74) is 0. The van der Waals surface area contributed by atoms with Crippen molar-refractivity contribution in [3.8, 4) is 0 Å². The van der Waals surface area contributed by atoms with Crippen molar-refractivity contribution >= 4 is 0 Å². The molecule has 0 spiro atoms. The molecule has 1 aliphatic rings. The number of rotatable bonds is 7. The van der Waals surface area contributed by atoms with Crippen molar-refractivity contribution in [2.24, 2.45) is 11.8 Å². The van der Waals surface area contributed by atoms with E-state index < -0.39 is 0 Å². The average molecular weight is 199 g/mol. The molecule has 0 aromatic rings. The molecule has 1 fully saturated rings. The molecule has 1 unspecified atom stereocenters. The molecule has 0 aromatic carbocycles. The molecule has 2 nitrogen and oxygen atoms in total. The molecule has 14 heavy (non-hydrogen) atoms. The largest absolute Gasteiger partial charge is 0.384 e. The van der Waals surface area contributed by atoms with Crippen molar-refractivity contribution in [1.29, 1.82) is 0 Å². The maximum atomic E-state index is 5.31. The van der Waals surface area contributed by atoms with Gasteiger partial charge in [-0.1, -0.05) is 32.6 Å². The van der Waals surface area contributed by atoms with E-state index in [1.165, 1.54) is 32.1 Å². The molecule has 84 valence electrons. The van der Waals surface area contributed by atoms with Crippen LogP contribution >= 0.6 is 0 Å². The van der Waals surface area contributed by atoms with Crippen molar-refractivity contribution < 1.29 is 4.74 Å². The Labute approximate surface area is 88.4 Å². The van der Waals surface area contributed by atoms with Gasteiger partial charge in [0.05, 0.1) is 6.61 Å². The van der Waals surface area contributed by atoms with Gasteiger partial charge in [-0.15, -0.1) is 0 Å². The second-order valence-electron chi connectivity index (χ2n) is 4.46. The SMILES string of the molecule is CCCNCC(COC)C1CCCC1. The highest BCUT2D eigenvalue weighted by Crippen LogP contribution is 2.31. The standard InChI is InChI=1S/C12H25NO/c1-3-8-13-9-12(10-14-2)11-6-4-5-7-11/h11-13H,3-10H2,1-2H3. The molecule has 0 aromatic heterocycles. The van der Waals surface area contributed by atoms with Crippen LogP contribution in [0, 0.1) is 11.8 Å². The van der Waals surface area contributed by atoms with Crippen LogP contribution in [0.5, 0.6) is 0 Å². The van der Waals surface area contributed by atoms with Gasteiger partial charge in [-0.05, 0) is 24.8 Å². The van der Waals surface area contributed by atoms with Gasteiger partial charge in [0, 0.05) is 13.7 Å². The smallest absolute Gasteiger partial charge is 0.0505 e. The summed E-state index contributed by atoms with van der Waals surface area (Å²) in [6, 6.07) is 0. The maximum Gasteiger partial charge on any atom is 0.0505 e. The van der Waals surface area contributed by atoms with Crippen molar-refractivity contribution in [3.63, 3.8) is 0 Å². The van der Waals surface area contributed by atoms with Gasteiger partial charge in [0.15, 0.2) is 0 Å². The van der Waals surface area contributed by atoms with E-state index >= 15 is 0 Å². The monoisotopic (exact) mass is 199 g/mol. The number of nitrogens with one attached hydrogen (secondary N) is 1. The zero-order valence-corrected chi connectivity index (χ0v) is 9.72. The number of ether oxygens (including phenoxy) is 1. The van der Waals surface area contributed by atoms with Gasteiger partial charge >= 0.3 is 0 Å². The van der Waals surface area contributed by atoms with Crippen molar-refractivity contribution in [1.82, 2.24) is 5.32 Å². The minimum absolute atomic E-state index is 0.744. The lowest BCUT2D eigenvalue weighted by atomic mass is 9.91. The van der Waals surface area contributed by atoms with Crippen LogP contribution in [0.2, 0.25) is 0 Å². The maximum absolute atomic E-state index is 5.31. The van der Waals surface area contributed by atoms with E-state index in [0.29, 0.717) is 0 Å². The molecule has 1 N–H and O–H groups in total. The fourth-order valence-corrected chi connectivity index (χ4v) is 2.47. The van der Waals surface area contributed by atoms with Gasteiger partial charge in [-0.3, -0.25) is 0 Å². The van der Waals surface area contributed by atoms with Crippen molar-refractivity contribution in [2.75, 3.05) is 26.8 Å². The van der Waals surface area contributed by atoms with Crippen LogP contribution in [-0.4, -0.2) is 26.8 Å². The van der Waals surface area contributed by atoms with Crippen LogP contribution < -0.4 is 5.32 Å². The summed E-state index contributed by atoms with van der Waals surface area (Å²) in [4.78, 5) is 0. The highest BCUT2D eigenvalue weighted by Gasteiger charge is 2.24. The topological polar surface area (TPSA) is 21.3 Å². The Kier molecular flexibility index (Phi) is 6.20. The third-order valence-electron chi connectivity index (χ3n) is 3.28. The quantitative estimate of drug-likeness (QED) is 0.636. The summed E-state index contributed by atoms with van der Waals surface area (Å²) in [6.45, 7) is 5.44. The molecule has 1 atom stereocenters. The highest BCUT2D eigenvalue weighted by molar-refractivity contribution is 4.76. The Morgan fingerprint density at radius 2 is 2.07 bits per heavy atom. The third-order valence-corrected chi connectivity index (χ3v) is 3.28. The lowest BCUT2D eigenvalue weighted by Crippen LogP contribution is -2.30. The Bertz CT molecular complexity index is 132. The van der Waals surface area contributed by atoms with Crippen molar-refractivity contribution in [3.05, 3.63) is 0 Å². The molecular weight excluding hydrogens is 174 g/mol. The lowest BCUT2D eigenvalue weighted by molar-refractivity contribution is 0.120. The zero-order chi connectivity index (χ0) is 10.2. The van der Waals surface area contributed by atoms with Crippen LogP contribution in [-0.2, 0) is 4.74 Å². The first-order chi connectivity index (χ1) is 6.88. The van der Waals surface area contributed by atoms with Gasteiger partial charge in [0.25, 0.3) is 0 Å². The molecule has 0 bridgehead atoms. The summed E-state index contributed by atoms with van der Waals surface area (Å²) >= 11 is 0. The first-order valence-electron chi connectivity index (χ1n) is 6.08. The molecule has 0 heterocycles. The first kappa shape index (κ1) is 12.0. The average Bonchev–Trinajstić information content (AvgIpc) is 2.70. The normalized spacial score (nSPS) is 20.1. The second-order valence-corrected chi connectivity index (χ2v) is 4.46. The van der Waals surface area contributed by atoms with E-state index in [-0.39, 0.29) is 0 Å². The minimum atomic E-state index is 0.744. The Hall–Kier alpha value is -0.0800. The van der Waals surface area contributed by atoms with Crippen LogP contribution in [0.25, 0.3) is 0 Å². The predicted octanol–water partition coefficient (Wildman–Crippen LogP) is 2.44. The molecule has 0 saturated heterocycles. The second kappa shape index (κ2) is 7.24. The summed E-state index contributed by atoms with van der Waals surface area (Å²) < 4.78 is 5.31. The fourth-order valence-electron chi connectivity index (χ4n) is 2.47. The fraction of sp³-hybridized carbons (Fsp3) is 1.00. The first-order valence-corrected chi connectivity index (χ1v) is 6.08. The van der Waals surface area contributed by atoms with E-state index in [1.54, 1.807) is 0 Å². The summed E-state index contributed by atoms with van der Waals surface area (Å²) in [6.07, 6.45) is 6.92. The van der Waals surface area contributed by atoms with Gasteiger partial charge in [-0.25, -0.2) is 0 Å². The molecule has 0 amide bonds. The predicted molar refractivity (Wildman–Crippen MR) is 60.5 cm³/mol. The number of hydrogen-bond donors (Lipinski definition) is 1. The van der Waals surface area contributed by atoms with Crippen LogP contribution in [0.4, 0.5) is 0 Å². The Morgan fingerprint density at radius 3 is 2.64 bits per heavy atom. The van der Waals surface area contributed by atoms with Crippen LogP contribution in [0.1, 0.15) is 39.0 Å². The third kappa shape index (κ3) is 3.97. The van der Waals surface area contributed by atoms with Crippen molar-refractivity contribution in [2.45, 2.75) is 39.0 Å². The Morgan fingerprint density at radius 1 is 1.36 bits per heavy atom. The van der Waals surface area contributed by atoms with Gasteiger partial charge < -0.3 is 10.1 Å². The molecule has 1 rings (SSSR count). The summed E-state index contributed by atoms with van der Waals surface area (Å²) in [5, 5.41) is 3.52. The highest BCUT2D eigenvalue weighted by atomic mass is 16.5. The minimum Gasteiger partial charge on any atom is -0.384 e. The van der Waals surface area contributed by atoms with Crippen LogP contribution in [0.15, 0.2) is 0 Å². The zero-order valence-electron chi connectivity index (χ0n) is 9.72. The summed E-state index contributed by atoms with van der Waals surface area (Å²) in [7, 11) is 1.82. The van der Waals surface area contributed by atoms with Gasteiger partial charge in [0.1, 0.15) is 0 Å². The number of hydrogen-bond acceptors (Lipinski definition) is 2. The molecule has 0 aliphatic heterocycles.